The molecule has 126 valence electrons. The summed E-state index contributed by atoms with van der Waals surface area (Å²) in [5.74, 6) is 0. The Balaban J connectivity index is 2.44. The van der Waals surface area contributed by atoms with Gasteiger partial charge in [-0.15, -0.1) is 0 Å². The largest absolute Gasteiger partial charge is 0.496 e. The lowest BCUT2D eigenvalue weighted by Crippen LogP contribution is -2.41. The van der Waals surface area contributed by atoms with Crippen LogP contribution in [0.25, 0.3) is 0 Å². The van der Waals surface area contributed by atoms with Crippen LogP contribution >= 0.6 is 0 Å². The van der Waals surface area contributed by atoms with E-state index in [0.717, 1.165) is 18.2 Å². The summed E-state index contributed by atoms with van der Waals surface area (Å²) in [6.45, 7) is 7.17. The van der Waals surface area contributed by atoms with E-state index in [9.17, 15) is 18.0 Å². The molecule has 1 aliphatic rings. The van der Waals surface area contributed by atoms with Crippen LogP contribution in [-0.4, -0.2) is 29.5 Å². The lowest BCUT2D eigenvalue weighted by atomic mass is 9.77. The Morgan fingerprint density at radius 1 is 1.17 bits per heavy atom. The number of halogens is 3. The molecular weight excluding hydrogens is 314 g/mol. The average Bonchev–Trinajstić information content (AvgIpc) is 2.56. The molecule has 0 aliphatic carbocycles. The van der Waals surface area contributed by atoms with Gasteiger partial charge in [0.25, 0.3) is 0 Å². The minimum absolute atomic E-state index is 0.194. The summed E-state index contributed by atoms with van der Waals surface area (Å²) >= 11 is 0. The number of amides is 1. The number of hydrogen-bond donors (Lipinski definition) is 2. The molecule has 23 heavy (non-hydrogen) atoms. The number of benzene rings is 1. The van der Waals surface area contributed by atoms with Gasteiger partial charge in [-0.1, -0.05) is 12.1 Å². The Kier molecular flexibility index (Phi) is 4.15. The highest BCUT2D eigenvalue weighted by Gasteiger charge is 2.52. The SMILES string of the molecule is CC1(C)OB(c2ccc(C(F)(F)F)cc2NC(=O)O)OC1(C)C. The number of carbonyl (C=O) groups is 1. The standard InChI is InChI=1S/C14H17BF3NO4/c1-12(2)13(3,4)23-15(22-12)9-6-5-8(14(16,17)18)7-10(9)19-11(20)21/h5-7,19H,1-4H3,(H,20,21). The van der Waals surface area contributed by atoms with E-state index in [-0.39, 0.29) is 11.2 Å². The molecule has 1 saturated heterocycles. The molecule has 0 radical (unpaired) electrons. The number of hydrogen-bond acceptors (Lipinski definition) is 3. The molecule has 1 heterocycles. The van der Waals surface area contributed by atoms with E-state index in [1.165, 1.54) is 0 Å². The maximum atomic E-state index is 12.8. The molecule has 9 heteroatoms. The van der Waals surface area contributed by atoms with Crippen molar-refractivity contribution in [1.82, 2.24) is 0 Å². The number of carboxylic acid groups (broad SMARTS) is 1. The Morgan fingerprint density at radius 3 is 2.13 bits per heavy atom. The van der Waals surface area contributed by atoms with Crippen LogP contribution < -0.4 is 10.8 Å². The van der Waals surface area contributed by atoms with Crippen LogP contribution in [-0.2, 0) is 15.5 Å². The molecule has 0 saturated carbocycles. The molecule has 0 aromatic heterocycles. The zero-order valence-corrected chi connectivity index (χ0v) is 13.1. The zero-order valence-electron chi connectivity index (χ0n) is 13.1. The van der Waals surface area contributed by atoms with Gasteiger partial charge in [-0.25, -0.2) is 4.79 Å². The predicted octanol–water partition coefficient (Wildman–Crippen LogP) is 3.09. The summed E-state index contributed by atoms with van der Waals surface area (Å²) in [5.41, 5.74) is -2.37. The highest BCUT2D eigenvalue weighted by molar-refractivity contribution is 6.64. The third kappa shape index (κ3) is 3.45. The Hall–Kier alpha value is -1.74. The van der Waals surface area contributed by atoms with Crippen molar-refractivity contribution in [2.75, 3.05) is 5.32 Å². The number of nitrogens with one attached hydrogen (secondary N) is 1. The normalized spacial score (nSPS) is 19.7. The first-order valence-electron chi connectivity index (χ1n) is 6.90. The van der Waals surface area contributed by atoms with Gasteiger partial charge in [0.15, 0.2) is 0 Å². The van der Waals surface area contributed by atoms with Crippen LogP contribution in [0, 0.1) is 0 Å². The Bertz CT molecular complexity index is 615. The van der Waals surface area contributed by atoms with Crippen molar-refractivity contribution in [3.63, 3.8) is 0 Å². The van der Waals surface area contributed by atoms with Crippen LogP contribution in [0.3, 0.4) is 0 Å². The summed E-state index contributed by atoms with van der Waals surface area (Å²) in [4.78, 5) is 10.9. The van der Waals surface area contributed by atoms with Crippen molar-refractivity contribution in [2.45, 2.75) is 45.1 Å². The Labute approximate surface area is 131 Å². The third-order valence-corrected chi connectivity index (χ3v) is 4.13. The van der Waals surface area contributed by atoms with E-state index in [4.69, 9.17) is 14.4 Å². The molecule has 1 fully saturated rings. The highest BCUT2D eigenvalue weighted by atomic mass is 19.4. The molecule has 0 unspecified atom stereocenters. The number of rotatable bonds is 2. The van der Waals surface area contributed by atoms with Crippen molar-refractivity contribution >= 4 is 24.4 Å². The van der Waals surface area contributed by atoms with E-state index in [1.807, 2.05) is 5.32 Å². The third-order valence-electron chi connectivity index (χ3n) is 4.13. The minimum Gasteiger partial charge on any atom is -0.465 e. The summed E-state index contributed by atoms with van der Waals surface area (Å²) in [6, 6.07) is 2.76. The van der Waals surface area contributed by atoms with Crippen LogP contribution in [0.5, 0.6) is 0 Å². The maximum Gasteiger partial charge on any atom is 0.496 e. The summed E-state index contributed by atoms with van der Waals surface area (Å²) in [5, 5.41) is 10.8. The second-order valence-electron chi connectivity index (χ2n) is 6.32. The lowest BCUT2D eigenvalue weighted by molar-refractivity contribution is -0.137. The summed E-state index contributed by atoms with van der Waals surface area (Å²) in [6.07, 6.45) is -6.05. The van der Waals surface area contributed by atoms with Crippen LogP contribution in [0.15, 0.2) is 18.2 Å². The highest BCUT2D eigenvalue weighted by Crippen LogP contribution is 2.37. The first-order chi connectivity index (χ1) is 10.3. The van der Waals surface area contributed by atoms with Crippen molar-refractivity contribution in [2.24, 2.45) is 0 Å². The molecule has 0 bridgehead atoms. The second kappa shape index (κ2) is 5.42. The lowest BCUT2D eigenvalue weighted by Gasteiger charge is -2.32. The van der Waals surface area contributed by atoms with Gasteiger partial charge in [0, 0.05) is 11.2 Å². The van der Waals surface area contributed by atoms with E-state index in [0.29, 0.717) is 0 Å². The van der Waals surface area contributed by atoms with Gasteiger partial charge in [0.2, 0.25) is 0 Å². The second-order valence-corrected chi connectivity index (χ2v) is 6.32. The van der Waals surface area contributed by atoms with Gasteiger partial charge in [0.1, 0.15) is 0 Å². The van der Waals surface area contributed by atoms with Crippen molar-refractivity contribution in [1.29, 1.82) is 0 Å². The monoisotopic (exact) mass is 331 g/mol. The van der Waals surface area contributed by atoms with Crippen molar-refractivity contribution in [3.05, 3.63) is 23.8 Å². The van der Waals surface area contributed by atoms with Crippen LogP contribution in [0.2, 0.25) is 0 Å². The van der Waals surface area contributed by atoms with Gasteiger partial charge < -0.3 is 14.4 Å². The fourth-order valence-corrected chi connectivity index (χ4v) is 2.13. The van der Waals surface area contributed by atoms with Gasteiger partial charge >= 0.3 is 19.4 Å². The van der Waals surface area contributed by atoms with Gasteiger partial charge in [-0.2, -0.15) is 13.2 Å². The molecule has 1 amide bonds. The molecular formula is C14H17BF3NO4. The van der Waals surface area contributed by atoms with Crippen molar-refractivity contribution < 1.29 is 32.4 Å². The van der Waals surface area contributed by atoms with E-state index in [2.05, 4.69) is 0 Å². The molecule has 1 aromatic carbocycles. The fraction of sp³-hybridized carbons (Fsp3) is 0.500. The van der Waals surface area contributed by atoms with Crippen LogP contribution in [0.1, 0.15) is 33.3 Å². The van der Waals surface area contributed by atoms with Gasteiger partial charge in [0.05, 0.1) is 16.8 Å². The van der Waals surface area contributed by atoms with Crippen LogP contribution in [0.4, 0.5) is 23.7 Å². The van der Waals surface area contributed by atoms with Crippen molar-refractivity contribution in [3.8, 4) is 0 Å². The fourth-order valence-electron chi connectivity index (χ4n) is 2.13. The topological polar surface area (TPSA) is 67.8 Å². The molecule has 0 spiro atoms. The quantitative estimate of drug-likeness (QED) is 0.817. The Morgan fingerprint density at radius 2 is 1.70 bits per heavy atom. The van der Waals surface area contributed by atoms with E-state index in [1.54, 1.807) is 27.7 Å². The van der Waals surface area contributed by atoms with Gasteiger partial charge in [-0.3, -0.25) is 5.32 Å². The maximum absolute atomic E-state index is 12.8. The molecule has 1 aliphatic heterocycles. The molecule has 0 atom stereocenters. The predicted molar refractivity (Wildman–Crippen MR) is 78.8 cm³/mol. The molecule has 5 nitrogen and oxygen atoms in total. The average molecular weight is 331 g/mol. The summed E-state index contributed by atoms with van der Waals surface area (Å²) in [7, 11) is -0.968. The first-order valence-corrected chi connectivity index (χ1v) is 6.90. The zero-order chi connectivity index (χ0) is 17.6. The first kappa shape index (κ1) is 17.6. The number of anilines is 1. The molecule has 1 aromatic rings. The molecule has 2 N–H and O–H groups in total. The smallest absolute Gasteiger partial charge is 0.465 e. The summed E-state index contributed by atoms with van der Waals surface area (Å²) < 4.78 is 50.0. The minimum atomic E-state index is -4.58. The molecule has 2 rings (SSSR count). The van der Waals surface area contributed by atoms with E-state index < -0.39 is 36.2 Å². The van der Waals surface area contributed by atoms with Gasteiger partial charge in [-0.05, 0) is 33.8 Å². The van der Waals surface area contributed by atoms with E-state index >= 15 is 0 Å². The number of alkyl halides is 3.